The maximum absolute atomic E-state index is 12.8. The monoisotopic (exact) mass is 455 g/mol. The summed E-state index contributed by atoms with van der Waals surface area (Å²) in [6, 6.07) is 9.20. The normalized spacial score (nSPS) is 11.0. The van der Waals surface area contributed by atoms with Gasteiger partial charge in [0.15, 0.2) is 11.5 Å². The van der Waals surface area contributed by atoms with E-state index in [2.05, 4.69) is 20.7 Å². The highest BCUT2D eigenvalue weighted by atomic mass is 35.5. The molecule has 0 atom stereocenters. The Morgan fingerprint density at radius 3 is 2.78 bits per heavy atom. The lowest BCUT2D eigenvalue weighted by atomic mass is 10.2. The fourth-order valence-corrected chi connectivity index (χ4v) is 3.34. The predicted molar refractivity (Wildman–Crippen MR) is 115 cm³/mol. The van der Waals surface area contributed by atoms with Gasteiger partial charge in [-0.25, -0.2) is 0 Å². The summed E-state index contributed by atoms with van der Waals surface area (Å²) in [7, 11) is 0. The van der Waals surface area contributed by atoms with Crippen molar-refractivity contribution in [1.82, 2.24) is 24.7 Å². The van der Waals surface area contributed by atoms with Gasteiger partial charge >= 0.3 is 5.69 Å². The summed E-state index contributed by atoms with van der Waals surface area (Å²) in [6.07, 6.45) is 2.41. The van der Waals surface area contributed by atoms with Crippen LogP contribution in [0.15, 0.2) is 47.2 Å². The Morgan fingerprint density at radius 2 is 2.06 bits per heavy atom. The van der Waals surface area contributed by atoms with E-state index in [-0.39, 0.29) is 17.9 Å². The van der Waals surface area contributed by atoms with Crippen molar-refractivity contribution in [3.05, 3.63) is 86.1 Å². The van der Waals surface area contributed by atoms with E-state index in [1.807, 2.05) is 25.1 Å². The zero-order valence-electron chi connectivity index (χ0n) is 17.1. The summed E-state index contributed by atoms with van der Waals surface area (Å²) in [5, 5.41) is 26.4. The third-order valence-corrected chi connectivity index (χ3v) is 5.22. The van der Waals surface area contributed by atoms with Crippen molar-refractivity contribution in [1.29, 1.82) is 0 Å². The molecule has 32 heavy (non-hydrogen) atoms. The number of hydrogen-bond acceptors (Lipinski definition) is 7. The van der Waals surface area contributed by atoms with Gasteiger partial charge in [-0.1, -0.05) is 35.0 Å². The Hall–Kier alpha value is -3.99. The van der Waals surface area contributed by atoms with Gasteiger partial charge in [-0.2, -0.15) is 10.2 Å². The van der Waals surface area contributed by atoms with E-state index in [4.69, 9.17) is 16.1 Å². The third-order valence-electron chi connectivity index (χ3n) is 4.85. The van der Waals surface area contributed by atoms with Crippen LogP contribution < -0.4 is 5.32 Å². The standard InChI is InChI=1S/C20H18ClN7O4/c1-12-7-18(24-27(12)9-14-5-3-4-6-17(14)21)23-20(29)19-16(13(2)32-25-19)11-26-10-15(8-22-26)28(30)31/h3-8,10H,9,11H2,1-2H3,(H,23,24,29). The maximum Gasteiger partial charge on any atom is 0.307 e. The molecule has 0 bridgehead atoms. The lowest BCUT2D eigenvalue weighted by Crippen LogP contribution is -2.16. The minimum absolute atomic E-state index is 0.0546. The molecule has 11 nitrogen and oxygen atoms in total. The van der Waals surface area contributed by atoms with Gasteiger partial charge in [0.1, 0.15) is 18.2 Å². The second kappa shape index (κ2) is 8.63. The number of halogens is 1. The molecule has 1 aromatic carbocycles. The van der Waals surface area contributed by atoms with E-state index < -0.39 is 10.8 Å². The molecule has 0 fully saturated rings. The SMILES string of the molecule is Cc1onc(C(=O)Nc2cc(C)n(Cc3ccccc3Cl)n2)c1Cn1cc([N+](=O)[O-])cn1. The van der Waals surface area contributed by atoms with Crippen molar-refractivity contribution >= 4 is 29.0 Å². The van der Waals surface area contributed by atoms with Crippen LogP contribution in [0.2, 0.25) is 5.02 Å². The molecular weight excluding hydrogens is 438 g/mol. The van der Waals surface area contributed by atoms with Gasteiger partial charge in [-0.3, -0.25) is 24.3 Å². The van der Waals surface area contributed by atoms with Crippen LogP contribution in [0.3, 0.4) is 0 Å². The Labute approximate surface area is 186 Å². The second-order valence-electron chi connectivity index (χ2n) is 7.09. The number of carbonyl (C=O) groups is 1. The van der Waals surface area contributed by atoms with Gasteiger partial charge in [0.2, 0.25) is 0 Å². The van der Waals surface area contributed by atoms with E-state index >= 15 is 0 Å². The Kier molecular flexibility index (Phi) is 5.73. The van der Waals surface area contributed by atoms with Crippen LogP contribution in [-0.4, -0.2) is 35.5 Å². The first-order chi connectivity index (χ1) is 15.3. The van der Waals surface area contributed by atoms with Crippen molar-refractivity contribution in [2.75, 3.05) is 5.32 Å². The molecule has 4 rings (SSSR count). The number of aromatic nitrogens is 5. The largest absolute Gasteiger partial charge is 0.361 e. The van der Waals surface area contributed by atoms with Gasteiger partial charge in [0.25, 0.3) is 5.91 Å². The topological polar surface area (TPSA) is 134 Å². The van der Waals surface area contributed by atoms with Crippen LogP contribution in [0, 0.1) is 24.0 Å². The van der Waals surface area contributed by atoms with Crippen LogP contribution in [0.1, 0.15) is 33.1 Å². The van der Waals surface area contributed by atoms with Crippen LogP contribution in [0.4, 0.5) is 11.5 Å². The van der Waals surface area contributed by atoms with E-state index in [0.29, 0.717) is 28.7 Å². The molecule has 0 saturated carbocycles. The molecule has 1 amide bonds. The van der Waals surface area contributed by atoms with Crippen molar-refractivity contribution in [2.45, 2.75) is 26.9 Å². The highest BCUT2D eigenvalue weighted by Gasteiger charge is 2.22. The lowest BCUT2D eigenvalue weighted by molar-refractivity contribution is -0.385. The predicted octanol–water partition coefficient (Wildman–Crippen LogP) is 3.59. The fourth-order valence-electron chi connectivity index (χ4n) is 3.15. The minimum Gasteiger partial charge on any atom is -0.361 e. The summed E-state index contributed by atoms with van der Waals surface area (Å²) < 4.78 is 8.25. The van der Waals surface area contributed by atoms with Gasteiger partial charge in [-0.05, 0) is 25.5 Å². The van der Waals surface area contributed by atoms with E-state index in [1.165, 1.54) is 10.9 Å². The van der Waals surface area contributed by atoms with Crippen molar-refractivity contribution in [3.8, 4) is 0 Å². The molecule has 0 radical (unpaired) electrons. The van der Waals surface area contributed by atoms with Crippen LogP contribution in [0.5, 0.6) is 0 Å². The lowest BCUT2D eigenvalue weighted by Gasteiger charge is -2.06. The number of hydrogen-bond donors (Lipinski definition) is 1. The summed E-state index contributed by atoms with van der Waals surface area (Å²) in [4.78, 5) is 23.2. The molecule has 0 spiro atoms. The average molecular weight is 456 g/mol. The molecule has 4 aromatic rings. The number of amides is 1. The smallest absolute Gasteiger partial charge is 0.307 e. The highest BCUT2D eigenvalue weighted by molar-refractivity contribution is 6.31. The third kappa shape index (κ3) is 4.37. The second-order valence-corrected chi connectivity index (χ2v) is 7.50. The van der Waals surface area contributed by atoms with Crippen molar-refractivity contribution < 1.29 is 14.2 Å². The molecule has 12 heteroatoms. The molecule has 0 saturated heterocycles. The van der Waals surface area contributed by atoms with Crippen LogP contribution in [-0.2, 0) is 13.1 Å². The van der Waals surface area contributed by atoms with E-state index in [1.54, 1.807) is 23.7 Å². The zero-order valence-corrected chi connectivity index (χ0v) is 17.9. The van der Waals surface area contributed by atoms with Gasteiger partial charge in [0, 0.05) is 22.3 Å². The van der Waals surface area contributed by atoms with E-state index in [9.17, 15) is 14.9 Å². The van der Waals surface area contributed by atoms with Gasteiger partial charge in [0.05, 0.1) is 18.0 Å². The van der Waals surface area contributed by atoms with Gasteiger partial charge < -0.3 is 9.84 Å². The number of benzene rings is 1. The fraction of sp³-hybridized carbons (Fsp3) is 0.200. The summed E-state index contributed by atoms with van der Waals surface area (Å²) >= 11 is 6.23. The van der Waals surface area contributed by atoms with Crippen molar-refractivity contribution in [2.24, 2.45) is 0 Å². The van der Waals surface area contributed by atoms with Crippen LogP contribution in [0.25, 0.3) is 0 Å². The zero-order chi connectivity index (χ0) is 22.8. The summed E-state index contributed by atoms with van der Waals surface area (Å²) in [5.41, 5.74) is 2.11. The first-order valence-electron chi connectivity index (χ1n) is 9.53. The average Bonchev–Trinajstić information content (AvgIpc) is 3.45. The molecule has 3 aromatic heterocycles. The van der Waals surface area contributed by atoms with Crippen LogP contribution >= 0.6 is 11.6 Å². The highest BCUT2D eigenvalue weighted by Crippen LogP contribution is 2.20. The number of carbonyl (C=O) groups excluding carboxylic acids is 1. The molecule has 0 aliphatic heterocycles. The number of rotatable bonds is 7. The molecule has 3 heterocycles. The number of nitro groups is 1. The molecule has 0 aliphatic rings. The van der Waals surface area contributed by atoms with E-state index in [0.717, 1.165) is 17.5 Å². The van der Waals surface area contributed by atoms with Gasteiger partial charge in [-0.15, -0.1) is 0 Å². The Morgan fingerprint density at radius 1 is 1.28 bits per heavy atom. The molecule has 0 aliphatic carbocycles. The number of anilines is 1. The molecule has 0 unspecified atom stereocenters. The Balaban J connectivity index is 1.51. The minimum atomic E-state index is -0.543. The summed E-state index contributed by atoms with van der Waals surface area (Å²) in [5.74, 6) is 0.246. The molecule has 164 valence electrons. The van der Waals surface area contributed by atoms with Crippen molar-refractivity contribution in [3.63, 3.8) is 0 Å². The maximum atomic E-state index is 12.8. The first-order valence-corrected chi connectivity index (χ1v) is 9.91. The first kappa shape index (κ1) is 21.2. The Bertz CT molecular complexity index is 1310. The summed E-state index contributed by atoms with van der Waals surface area (Å²) in [6.45, 7) is 4.06. The quantitative estimate of drug-likeness (QED) is 0.332. The number of nitrogens with one attached hydrogen (secondary N) is 1. The number of nitrogens with zero attached hydrogens (tertiary/aromatic N) is 6. The molecule has 1 N–H and O–H groups in total. The number of aryl methyl sites for hydroxylation is 2. The molecular formula is C20H18ClN7O4.